The Hall–Kier alpha value is -0.520. The maximum absolute atomic E-state index is 9.90. The minimum Gasteiger partial charge on any atom is -0.389 e. The van der Waals surface area contributed by atoms with Gasteiger partial charge in [0.1, 0.15) is 0 Å². The Morgan fingerprint density at radius 2 is 2.07 bits per heavy atom. The molecule has 0 spiro atoms. The van der Waals surface area contributed by atoms with Gasteiger partial charge in [0.25, 0.3) is 0 Å². The van der Waals surface area contributed by atoms with Gasteiger partial charge < -0.3 is 10.4 Å². The fraction of sp³-hybridized carbons (Fsp3) is 0.833. The van der Waals surface area contributed by atoms with Crippen molar-refractivity contribution in [3.05, 3.63) is 0 Å². The maximum Gasteiger partial charge on any atom is 0.0766 e. The van der Waals surface area contributed by atoms with E-state index in [1.807, 2.05) is 20.8 Å². The predicted molar refractivity (Wildman–Crippen MR) is 61.0 cm³/mol. The smallest absolute Gasteiger partial charge is 0.0766 e. The molecule has 1 atom stereocenters. The van der Waals surface area contributed by atoms with Gasteiger partial charge in [-0.05, 0) is 32.2 Å². The lowest BCUT2D eigenvalue weighted by atomic mass is 9.92. The fourth-order valence-electron chi connectivity index (χ4n) is 1.02. The van der Waals surface area contributed by atoms with Crippen molar-refractivity contribution >= 4 is 0 Å². The monoisotopic (exact) mass is 197 g/mol. The van der Waals surface area contributed by atoms with E-state index in [2.05, 4.69) is 11.2 Å². The third kappa shape index (κ3) is 6.01. The lowest BCUT2D eigenvalue weighted by molar-refractivity contribution is 0.0144. The number of unbranched alkanes of at least 4 members (excludes halogenated alkanes) is 2. The summed E-state index contributed by atoms with van der Waals surface area (Å²) in [4.78, 5) is 0. The standard InChI is InChI=1S/C12H23NO/c1-5-6-7-8-9-13-10-12(4,14)11(2)3/h1,11,13-14H,6-10H2,2-4H3. The molecule has 0 rings (SSSR count). The Bertz CT molecular complexity index is 179. The Balaban J connectivity index is 3.41. The quantitative estimate of drug-likeness (QED) is 0.482. The first-order valence-corrected chi connectivity index (χ1v) is 5.37. The summed E-state index contributed by atoms with van der Waals surface area (Å²) in [5.41, 5.74) is -0.605. The highest BCUT2D eigenvalue weighted by atomic mass is 16.3. The summed E-state index contributed by atoms with van der Waals surface area (Å²) < 4.78 is 0. The molecule has 2 N–H and O–H groups in total. The van der Waals surface area contributed by atoms with Crippen LogP contribution in [0.1, 0.15) is 40.0 Å². The van der Waals surface area contributed by atoms with Crippen LogP contribution in [0.4, 0.5) is 0 Å². The van der Waals surface area contributed by atoms with Crippen molar-refractivity contribution < 1.29 is 5.11 Å². The van der Waals surface area contributed by atoms with Crippen LogP contribution in [-0.4, -0.2) is 23.8 Å². The van der Waals surface area contributed by atoms with Crippen LogP contribution in [0.2, 0.25) is 0 Å². The highest BCUT2D eigenvalue weighted by Gasteiger charge is 2.23. The second kappa shape index (κ2) is 6.86. The molecule has 0 fully saturated rings. The lowest BCUT2D eigenvalue weighted by Crippen LogP contribution is -2.42. The zero-order valence-corrected chi connectivity index (χ0v) is 9.64. The van der Waals surface area contributed by atoms with E-state index in [9.17, 15) is 5.11 Å². The van der Waals surface area contributed by atoms with Crippen LogP contribution in [0, 0.1) is 18.3 Å². The summed E-state index contributed by atoms with van der Waals surface area (Å²) in [7, 11) is 0. The molecule has 14 heavy (non-hydrogen) atoms. The first-order valence-electron chi connectivity index (χ1n) is 5.37. The molecule has 2 nitrogen and oxygen atoms in total. The third-order valence-corrected chi connectivity index (χ3v) is 2.65. The number of hydrogen-bond acceptors (Lipinski definition) is 2. The number of terminal acetylenes is 1. The zero-order valence-electron chi connectivity index (χ0n) is 9.64. The van der Waals surface area contributed by atoms with E-state index in [4.69, 9.17) is 6.42 Å². The molecule has 0 saturated heterocycles. The normalized spacial score (nSPS) is 15.1. The SMILES string of the molecule is C#CCCCCNCC(C)(O)C(C)C. The van der Waals surface area contributed by atoms with Gasteiger partial charge in [-0.25, -0.2) is 0 Å². The van der Waals surface area contributed by atoms with E-state index in [0.717, 1.165) is 25.8 Å². The molecule has 0 aliphatic heterocycles. The molecular formula is C12H23NO. The highest BCUT2D eigenvalue weighted by molar-refractivity contribution is 4.83. The van der Waals surface area contributed by atoms with Crippen molar-refractivity contribution in [1.29, 1.82) is 0 Å². The van der Waals surface area contributed by atoms with E-state index in [0.29, 0.717) is 6.54 Å². The number of rotatable bonds is 7. The van der Waals surface area contributed by atoms with Crippen molar-refractivity contribution in [1.82, 2.24) is 5.32 Å². The van der Waals surface area contributed by atoms with E-state index in [1.165, 1.54) is 0 Å². The summed E-state index contributed by atoms with van der Waals surface area (Å²) in [5.74, 6) is 2.89. The Morgan fingerprint density at radius 1 is 1.43 bits per heavy atom. The molecule has 0 aromatic rings. The molecule has 0 aliphatic rings. The van der Waals surface area contributed by atoms with Gasteiger partial charge in [0.15, 0.2) is 0 Å². The van der Waals surface area contributed by atoms with E-state index in [-0.39, 0.29) is 5.92 Å². The van der Waals surface area contributed by atoms with Crippen LogP contribution in [0.5, 0.6) is 0 Å². The van der Waals surface area contributed by atoms with Gasteiger partial charge in [0.05, 0.1) is 5.60 Å². The van der Waals surface area contributed by atoms with E-state index >= 15 is 0 Å². The van der Waals surface area contributed by atoms with Gasteiger partial charge in [-0.3, -0.25) is 0 Å². The summed E-state index contributed by atoms with van der Waals surface area (Å²) in [6.45, 7) is 7.51. The van der Waals surface area contributed by atoms with Gasteiger partial charge in [-0.1, -0.05) is 13.8 Å². The molecule has 2 heteroatoms. The van der Waals surface area contributed by atoms with Gasteiger partial charge >= 0.3 is 0 Å². The summed E-state index contributed by atoms with van der Waals surface area (Å²) in [6.07, 6.45) is 8.14. The van der Waals surface area contributed by atoms with Crippen LogP contribution < -0.4 is 5.32 Å². The molecule has 0 heterocycles. The maximum atomic E-state index is 9.90. The van der Waals surface area contributed by atoms with Crippen LogP contribution in [0.3, 0.4) is 0 Å². The molecule has 0 aromatic heterocycles. The zero-order chi connectivity index (χ0) is 11.0. The predicted octanol–water partition coefficient (Wildman–Crippen LogP) is 1.79. The van der Waals surface area contributed by atoms with Gasteiger partial charge in [-0.2, -0.15) is 0 Å². The molecule has 82 valence electrons. The molecule has 0 amide bonds. The van der Waals surface area contributed by atoms with Crippen molar-refractivity contribution in [3.63, 3.8) is 0 Å². The van der Waals surface area contributed by atoms with Crippen LogP contribution in [0.25, 0.3) is 0 Å². The van der Waals surface area contributed by atoms with E-state index in [1.54, 1.807) is 0 Å². The Labute approximate surface area is 88.1 Å². The summed E-state index contributed by atoms with van der Waals surface area (Å²) in [6, 6.07) is 0. The molecule has 0 bridgehead atoms. The molecule has 0 aromatic carbocycles. The number of nitrogens with one attached hydrogen (secondary N) is 1. The first-order chi connectivity index (χ1) is 6.50. The van der Waals surface area contributed by atoms with Gasteiger partial charge in [0.2, 0.25) is 0 Å². The topological polar surface area (TPSA) is 32.3 Å². The molecule has 0 radical (unpaired) electrons. The van der Waals surface area contributed by atoms with Crippen LogP contribution in [-0.2, 0) is 0 Å². The largest absolute Gasteiger partial charge is 0.389 e. The molecule has 0 saturated carbocycles. The molecule has 1 unspecified atom stereocenters. The van der Waals surface area contributed by atoms with Gasteiger partial charge in [-0.15, -0.1) is 12.3 Å². The Kier molecular flexibility index (Phi) is 6.61. The third-order valence-electron chi connectivity index (χ3n) is 2.65. The lowest BCUT2D eigenvalue weighted by Gasteiger charge is -2.27. The number of aliphatic hydroxyl groups is 1. The van der Waals surface area contributed by atoms with Crippen molar-refractivity contribution in [2.75, 3.05) is 13.1 Å². The second-order valence-corrected chi connectivity index (χ2v) is 4.35. The van der Waals surface area contributed by atoms with Crippen LogP contribution >= 0.6 is 0 Å². The molecular weight excluding hydrogens is 174 g/mol. The van der Waals surface area contributed by atoms with Gasteiger partial charge in [0, 0.05) is 13.0 Å². The van der Waals surface area contributed by atoms with Crippen molar-refractivity contribution in [2.45, 2.75) is 45.6 Å². The highest BCUT2D eigenvalue weighted by Crippen LogP contribution is 2.14. The number of hydrogen-bond donors (Lipinski definition) is 2. The van der Waals surface area contributed by atoms with Crippen molar-refractivity contribution in [2.24, 2.45) is 5.92 Å². The van der Waals surface area contributed by atoms with Crippen LogP contribution in [0.15, 0.2) is 0 Å². The second-order valence-electron chi connectivity index (χ2n) is 4.35. The van der Waals surface area contributed by atoms with Crippen molar-refractivity contribution in [3.8, 4) is 12.3 Å². The minimum absolute atomic E-state index is 0.278. The average Bonchev–Trinajstić information content (AvgIpc) is 2.10. The summed E-state index contributed by atoms with van der Waals surface area (Å²) >= 11 is 0. The average molecular weight is 197 g/mol. The summed E-state index contributed by atoms with van der Waals surface area (Å²) in [5, 5.41) is 13.1. The minimum atomic E-state index is -0.605. The Morgan fingerprint density at radius 3 is 2.57 bits per heavy atom. The van der Waals surface area contributed by atoms with E-state index < -0.39 is 5.60 Å². The first kappa shape index (κ1) is 13.5. The molecule has 0 aliphatic carbocycles. The fourth-order valence-corrected chi connectivity index (χ4v) is 1.02.